The van der Waals surface area contributed by atoms with Gasteiger partial charge in [0, 0.05) is 38.1 Å². The molecule has 7 heteroatoms. The second-order valence-corrected chi connectivity index (χ2v) is 6.70. The van der Waals surface area contributed by atoms with E-state index in [-0.39, 0.29) is 24.2 Å². The molecule has 0 unspecified atom stereocenters. The van der Waals surface area contributed by atoms with Crippen molar-refractivity contribution in [1.82, 2.24) is 4.90 Å². The first-order chi connectivity index (χ1) is 11.2. The summed E-state index contributed by atoms with van der Waals surface area (Å²) < 4.78 is 38.0. The van der Waals surface area contributed by atoms with Crippen LogP contribution in [0.25, 0.3) is 0 Å². The summed E-state index contributed by atoms with van der Waals surface area (Å²) in [6.45, 7) is 6.28. The molecule has 1 aromatic rings. The molecule has 1 amide bonds. The minimum absolute atomic E-state index is 0.0336. The summed E-state index contributed by atoms with van der Waals surface area (Å²) in [4.78, 5) is 24.1. The number of halogens is 2. The molecule has 1 saturated heterocycles. The van der Waals surface area contributed by atoms with Crippen molar-refractivity contribution in [2.45, 2.75) is 45.3 Å². The largest absolute Gasteiger partial charge is 0.490 e. The minimum atomic E-state index is -0.953. The molecular weight excluding hydrogens is 320 g/mol. The molecule has 1 aromatic carbocycles. The first-order valence-electron chi connectivity index (χ1n) is 7.78. The van der Waals surface area contributed by atoms with Crippen LogP contribution >= 0.6 is 0 Å². The smallest absolute Gasteiger partial charge is 0.410 e. The summed E-state index contributed by atoms with van der Waals surface area (Å²) >= 11 is 0. The number of amides is 1. The molecule has 1 heterocycles. The molecule has 0 radical (unpaired) electrons. The number of ether oxygens (including phenoxy) is 2. The van der Waals surface area contributed by atoms with Crippen LogP contribution in [-0.2, 0) is 4.74 Å². The predicted molar refractivity (Wildman–Crippen MR) is 83.2 cm³/mol. The van der Waals surface area contributed by atoms with Crippen molar-refractivity contribution < 1.29 is 27.8 Å². The summed E-state index contributed by atoms with van der Waals surface area (Å²) in [5.74, 6) is -1.87. The Balaban J connectivity index is 1.92. The van der Waals surface area contributed by atoms with Gasteiger partial charge in [0.25, 0.3) is 0 Å². The number of piperidine rings is 1. The van der Waals surface area contributed by atoms with E-state index in [0.717, 1.165) is 12.1 Å². The molecule has 0 saturated carbocycles. The maximum atomic E-state index is 13.6. The predicted octanol–water partition coefficient (Wildman–Crippen LogP) is 3.56. The van der Waals surface area contributed by atoms with E-state index < -0.39 is 22.8 Å². The summed E-state index contributed by atoms with van der Waals surface area (Å²) in [7, 11) is 0. The van der Waals surface area contributed by atoms with E-state index in [1.54, 1.807) is 25.7 Å². The van der Waals surface area contributed by atoms with Crippen LogP contribution in [0, 0.1) is 11.6 Å². The lowest BCUT2D eigenvalue weighted by atomic mass is 10.1. The van der Waals surface area contributed by atoms with Crippen molar-refractivity contribution in [3.8, 4) is 5.75 Å². The van der Waals surface area contributed by atoms with E-state index in [9.17, 15) is 18.4 Å². The molecule has 0 bridgehead atoms. The summed E-state index contributed by atoms with van der Waals surface area (Å²) in [6.07, 6.45) is 0.543. The minimum Gasteiger partial charge on any atom is -0.490 e. The molecule has 24 heavy (non-hydrogen) atoms. The average molecular weight is 341 g/mol. The van der Waals surface area contributed by atoms with E-state index in [0.29, 0.717) is 25.9 Å². The van der Waals surface area contributed by atoms with E-state index in [4.69, 9.17) is 9.47 Å². The van der Waals surface area contributed by atoms with Gasteiger partial charge in [-0.25, -0.2) is 13.6 Å². The zero-order valence-electron chi connectivity index (χ0n) is 14.0. The first kappa shape index (κ1) is 18.2. The fourth-order valence-electron chi connectivity index (χ4n) is 2.42. The summed E-state index contributed by atoms with van der Waals surface area (Å²) in [5.41, 5.74) is -1.16. The third-order valence-corrected chi connectivity index (χ3v) is 3.57. The lowest BCUT2D eigenvalue weighted by Gasteiger charge is -2.33. The maximum Gasteiger partial charge on any atom is 0.410 e. The number of carbonyl (C=O) groups excluding carboxylic acids is 2. The van der Waals surface area contributed by atoms with Crippen LogP contribution in [0.3, 0.4) is 0 Å². The molecule has 0 aromatic heterocycles. The van der Waals surface area contributed by atoms with E-state index >= 15 is 0 Å². The highest BCUT2D eigenvalue weighted by Crippen LogP contribution is 2.24. The molecule has 0 aliphatic carbocycles. The molecule has 0 N–H and O–H groups in total. The van der Waals surface area contributed by atoms with Crippen LogP contribution in [0.1, 0.15) is 44.0 Å². The molecule has 0 atom stereocenters. The molecule has 1 aliphatic heterocycles. The standard InChI is InChI=1S/C17H21F2NO4/c1-17(2,3)24-16(22)20-6-4-11(5-7-20)23-12-8-14(18)13(10-21)15(19)9-12/h8-11H,4-7H2,1-3H3. The third-order valence-electron chi connectivity index (χ3n) is 3.57. The zero-order valence-corrected chi connectivity index (χ0v) is 14.0. The number of hydrogen-bond donors (Lipinski definition) is 0. The van der Waals surface area contributed by atoms with Gasteiger partial charge in [0.2, 0.25) is 0 Å². The van der Waals surface area contributed by atoms with Crippen molar-refractivity contribution in [1.29, 1.82) is 0 Å². The average Bonchev–Trinajstić information content (AvgIpc) is 2.46. The Morgan fingerprint density at radius 1 is 1.21 bits per heavy atom. The van der Waals surface area contributed by atoms with Gasteiger partial charge >= 0.3 is 6.09 Å². The van der Waals surface area contributed by atoms with Crippen LogP contribution in [0.15, 0.2) is 12.1 Å². The van der Waals surface area contributed by atoms with Crippen molar-refractivity contribution in [2.75, 3.05) is 13.1 Å². The number of aldehydes is 1. The Bertz CT molecular complexity index is 597. The Kier molecular flexibility index (Phi) is 5.41. The van der Waals surface area contributed by atoms with Crippen molar-refractivity contribution in [3.05, 3.63) is 29.3 Å². The number of benzene rings is 1. The maximum absolute atomic E-state index is 13.6. The van der Waals surface area contributed by atoms with Crippen molar-refractivity contribution in [2.24, 2.45) is 0 Å². The Labute approximate surface area is 139 Å². The normalized spacial score (nSPS) is 16.0. The van der Waals surface area contributed by atoms with Crippen molar-refractivity contribution >= 4 is 12.4 Å². The molecule has 2 rings (SSSR count). The second-order valence-electron chi connectivity index (χ2n) is 6.70. The fraction of sp³-hybridized carbons (Fsp3) is 0.529. The Hall–Kier alpha value is -2.18. The molecule has 1 aliphatic rings. The Morgan fingerprint density at radius 2 is 1.75 bits per heavy atom. The SMILES string of the molecule is CC(C)(C)OC(=O)N1CCC(Oc2cc(F)c(C=O)c(F)c2)CC1. The number of nitrogens with zero attached hydrogens (tertiary/aromatic N) is 1. The van der Waals surface area contributed by atoms with Crippen molar-refractivity contribution in [3.63, 3.8) is 0 Å². The van der Waals surface area contributed by atoms with Gasteiger partial charge in [-0.3, -0.25) is 4.79 Å². The molecule has 0 spiro atoms. The van der Waals surface area contributed by atoms with Crippen LogP contribution in [0.2, 0.25) is 0 Å². The van der Waals surface area contributed by atoms with Gasteiger partial charge in [0.1, 0.15) is 29.1 Å². The van der Waals surface area contributed by atoms with Crippen LogP contribution in [0.4, 0.5) is 13.6 Å². The molecule has 1 fully saturated rings. The fourth-order valence-corrected chi connectivity index (χ4v) is 2.42. The van der Waals surface area contributed by atoms with Crippen LogP contribution in [0.5, 0.6) is 5.75 Å². The van der Waals surface area contributed by atoms with Gasteiger partial charge < -0.3 is 14.4 Å². The molecule has 5 nitrogen and oxygen atoms in total. The number of carbonyl (C=O) groups is 2. The van der Waals surface area contributed by atoms with Gasteiger partial charge in [-0.15, -0.1) is 0 Å². The topological polar surface area (TPSA) is 55.8 Å². The lowest BCUT2D eigenvalue weighted by Crippen LogP contribution is -2.44. The summed E-state index contributed by atoms with van der Waals surface area (Å²) in [6, 6.07) is 1.99. The number of likely N-dealkylation sites (tertiary alicyclic amines) is 1. The highest BCUT2D eigenvalue weighted by molar-refractivity contribution is 5.76. The van der Waals surface area contributed by atoms with Gasteiger partial charge in [-0.1, -0.05) is 0 Å². The van der Waals surface area contributed by atoms with Gasteiger partial charge in [0.15, 0.2) is 6.29 Å². The highest BCUT2D eigenvalue weighted by atomic mass is 19.1. The van der Waals surface area contributed by atoms with E-state index in [1.165, 1.54) is 0 Å². The molecular formula is C17H21F2NO4. The lowest BCUT2D eigenvalue weighted by molar-refractivity contribution is 0.0126. The van der Waals surface area contributed by atoms with Gasteiger partial charge in [0.05, 0.1) is 5.56 Å². The Morgan fingerprint density at radius 3 is 2.21 bits per heavy atom. The van der Waals surface area contributed by atoms with Crippen LogP contribution in [-0.4, -0.2) is 42.1 Å². The van der Waals surface area contributed by atoms with E-state index in [2.05, 4.69) is 0 Å². The summed E-state index contributed by atoms with van der Waals surface area (Å²) in [5, 5.41) is 0. The second kappa shape index (κ2) is 7.15. The zero-order chi connectivity index (χ0) is 17.9. The monoisotopic (exact) mass is 341 g/mol. The van der Waals surface area contributed by atoms with Gasteiger partial charge in [-0.05, 0) is 20.8 Å². The van der Waals surface area contributed by atoms with Gasteiger partial charge in [-0.2, -0.15) is 0 Å². The van der Waals surface area contributed by atoms with E-state index in [1.807, 2.05) is 0 Å². The number of rotatable bonds is 3. The van der Waals surface area contributed by atoms with Crippen LogP contribution < -0.4 is 4.74 Å². The third kappa shape index (κ3) is 4.66. The molecule has 132 valence electrons. The first-order valence-corrected chi connectivity index (χ1v) is 7.78. The number of hydrogen-bond acceptors (Lipinski definition) is 4. The quantitative estimate of drug-likeness (QED) is 0.789. The highest BCUT2D eigenvalue weighted by Gasteiger charge is 2.28.